The highest BCUT2D eigenvalue weighted by molar-refractivity contribution is 5.93. The molecule has 10 nitrogen and oxygen atoms in total. The van der Waals surface area contributed by atoms with Crippen LogP contribution in [0.5, 0.6) is 5.75 Å². The van der Waals surface area contributed by atoms with Gasteiger partial charge in [-0.25, -0.2) is 4.98 Å². The molecule has 1 saturated heterocycles. The number of benzene rings is 1. The normalized spacial score (nSPS) is 16.4. The molecule has 33 heavy (non-hydrogen) atoms. The maximum atomic E-state index is 12.1. The number of methoxy groups -OCH3 is 1. The Kier molecular flexibility index (Phi) is 6.18. The third-order valence-corrected chi connectivity index (χ3v) is 5.62. The largest absolute Gasteiger partial charge is 0.494 e. The molecule has 0 unspecified atom stereocenters. The second-order valence-electron chi connectivity index (χ2n) is 8.11. The summed E-state index contributed by atoms with van der Waals surface area (Å²) in [7, 11) is 1.60. The molecule has 3 heterocycles. The van der Waals surface area contributed by atoms with E-state index in [2.05, 4.69) is 30.7 Å². The number of aromatic nitrogens is 3. The Bertz CT molecular complexity index is 1120. The smallest absolute Gasteiger partial charge is 0.261 e. The zero-order valence-electron chi connectivity index (χ0n) is 18.4. The van der Waals surface area contributed by atoms with Gasteiger partial charge >= 0.3 is 0 Å². The molecule has 0 bridgehead atoms. The predicted molar refractivity (Wildman–Crippen MR) is 121 cm³/mol. The number of anilines is 3. The summed E-state index contributed by atoms with van der Waals surface area (Å²) < 4.78 is 16.6. The summed E-state index contributed by atoms with van der Waals surface area (Å²) in [5.74, 6) is 2.24. The Morgan fingerprint density at radius 3 is 2.88 bits per heavy atom. The number of nitrogens with one attached hydrogen (secondary N) is 2. The highest BCUT2D eigenvalue weighted by atomic mass is 16.5. The Labute approximate surface area is 191 Å². The van der Waals surface area contributed by atoms with Gasteiger partial charge in [-0.3, -0.25) is 9.69 Å². The Hall–Kier alpha value is -3.50. The summed E-state index contributed by atoms with van der Waals surface area (Å²) in [6.07, 6.45) is 3.53. The number of nitrogens with zero attached hydrogens (tertiary/aromatic N) is 4. The minimum Gasteiger partial charge on any atom is -0.494 e. The van der Waals surface area contributed by atoms with Crippen LogP contribution in [-0.4, -0.2) is 59.3 Å². The van der Waals surface area contributed by atoms with E-state index in [1.165, 1.54) is 0 Å². The second kappa shape index (κ2) is 9.55. The Balaban J connectivity index is 1.33. The molecule has 2 aromatic heterocycles. The molecule has 2 aliphatic rings. The van der Waals surface area contributed by atoms with E-state index < -0.39 is 0 Å². The summed E-state index contributed by atoms with van der Waals surface area (Å²) in [5, 5.41) is 10.3. The van der Waals surface area contributed by atoms with Gasteiger partial charge in [-0.1, -0.05) is 11.2 Å². The average molecular weight is 450 g/mol. The van der Waals surface area contributed by atoms with Gasteiger partial charge in [0.25, 0.3) is 5.89 Å². The number of hydrogen-bond acceptors (Lipinski definition) is 9. The average Bonchev–Trinajstić information content (AvgIpc) is 3.59. The van der Waals surface area contributed by atoms with Crippen LogP contribution in [-0.2, 0) is 16.1 Å². The molecule has 1 amide bonds. The first kappa shape index (κ1) is 21.4. The molecule has 1 aliphatic heterocycles. The molecule has 172 valence electrons. The Morgan fingerprint density at radius 2 is 2.09 bits per heavy atom. The first-order chi connectivity index (χ1) is 16.2. The van der Waals surface area contributed by atoms with E-state index in [0.717, 1.165) is 37.3 Å². The van der Waals surface area contributed by atoms with Crippen LogP contribution < -0.4 is 15.4 Å². The van der Waals surface area contributed by atoms with Crippen LogP contribution in [0.25, 0.3) is 11.5 Å². The number of carbonyl (C=O) groups excluding carboxylic acids is 1. The number of hydrogen-bond donors (Lipinski definition) is 2. The lowest BCUT2D eigenvalue weighted by molar-refractivity contribution is -0.117. The number of morpholine rings is 1. The van der Waals surface area contributed by atoms with Crippen molar-refractivity contribution in [3.8, 4) is 17.2 Å². The molecule has 1 aromatic carbocycles. The van der Waals surface area contributed by atoms with E-state index in [-0.39, 0.29) is 11.8 Å². The van der Waals surface area contributed by atoms with Crippen molar-refractivity contribution in [3.63, 3.8) is 0 Å². The van der Waals surface area contributed by atoms with Crippen LogP contribution in [0.1, 0.15) is 18.7 Å². The lowest BCUT2D eigenvalue weighted by Crippen LogP contribution is -2.35. The van der Waals surface area contributed by atoms with Crippen molar-refractivity contribution in [1.82, 2.24) is 20.0 Å². The monoisotopic (exact) mass is 450 g/mol. The first-order valence-electron chi connectivity index (χ1n) is 11.0. The van der Waals surface area contributed by atoms with Crippen molar-refractivity contribution in [1.29, 1.82) is 0 Å². The third-order valence-electron chi connectivity index (χ3n) is 5.62. The molecular formula is C23H26N6O4. The molecule has 0 atom stereocenters. The van der Waals surface area contributed by atoms with E-state index in [4.69, 9.17) is 14.0 Å². The number of amides is 1. The zero-order chi connectivity index (χ0) is 22.6. The summed E-state index contributed by atoms with van der Waals surface area (Å²) in [5.41, 5.74) is 2.19. The minimum absolute atomic E-state index is 0.0171. The van der Waals surface area contributed by atoms with Gasteiger partial charge in [-0.2, -0.15) is 4.98 Å². The highest BCUT2D eigenvalue weighted by Gasteiger charge is 2.29. The summed E-state index contributed by atoms with van der Waals surface area (Å²) in [6.45, 7) is 3.74. The van der Waals surface area contributed by atoms with Gasteiger partial charge in [0.2, 0.25) is 5.91 Å². The molecule has 0 spiro atoms. The fraction of sp³-hybridized carbons (Fsp3) is 0.391. The number of pyridine rings is 1. The summed E-state index contributed by atoms with van der Waals surface area (Å²) in [6, 6.07) is 9.29. The molecular weight excluding hydrogens is 424 g/mol. The minimum atomic E-state index is 0.0171. The van der Waals surface area contributed by atoms with Gasteiger partial charge in [0.15, 0.2) is 11.6 Å². The van der Waals surface area contributed by atoms with E-state index in [1.54, 1.807) is 19.4 Å². The molecule has 1 aliphatic carbocycles. The van der Waals surface area contributed by atoms with Crippen molar-refractivity contribution in [2.24, 2.45) is 5.92 Å². The fourth-order valence-electron chi connectivity index (χ4n) is 3.72. The molecule has 5 rings (SSSR count). The van der Waals surface area contributed by atoms with Crippen LogP contribution in [0.2, 0.25) is 0 Å². The van der Waals surface area contributed by atoms with E-state index in [1.807, 2.05) is 24.3 Å². The second-order valence-corrected chi connectivity index (χ2v) is 8.11. The van der Waals surface area contributed by atoms with Crippen LogP contribution in [0.15, 0.2) is 41.1 Å². The standard InChI is InChI=1S/C23H26N6O4/c1-31-21-17(23-27-20(28-33-23)14-29-9-11-32-12-10-29)3-2-4-18(21)25-16-7-8-24-19(13-16)26-22(30)15-5-6-15/h2-4,7-8,13,15H,5-6,9-12,14H2,1H3,(H2,24,25,26,30). The number of para-hydroxylation sites is 1. The van der Waals surface area contributed by atoms with Crippen molar-refractivity contribution in [2.75, 3.05) is 44.0 Å². The van der Waals surface area contributed by atoms with E-state index in [0.29, 0.717) is 48.6 Å². The molecule has 2 N–H and O–H groups in total. The van der Waals surface area contributed by atoms with Crippen LogP contribution in [0.3, 0.4) is 0 Å². The highest BCUT2D eigenvalue weighted by Crippen LogP contribution is 2.37. The van der Waals surface area contributed by atoms with Gasteiger partial charge in [-0.05, 0) is 31.0 Å². The first-order valence-corrected chi connectivity index (χ1v) is 11.0. The molecule has 0 radical (unpaired) electrons. The third kappa shape index (κ3) is 5.12. The van der Waals surface area contributed by atoms with Crippen molar-refractivity contribution < 1.29 is 18.8 Å². The maximum Gasteiger partial charge on any atom is 0.261 e. The number of rotatable bonds is 8. The van der Waals surface area contributed by atoms with Gasteiger partial charge in [0, 0.05) is 37.0 Å². The number of ether oxygens (including phenoxy) is 2. The van der Waals surface area contributed by atoms with E-state index in [9.17, 15) is 4.79 Å². The van der Waals surface area contributed by atoms with Crippen molar-refractivity contribution >= 4 is 23.1 Å². The van der Waals surface area contributed by atoms with Gasteiger partial charge < -0.3 is 24.6 Å². The summed E-state index contributed by atoms with van der Waals surface area (Å²) >= 11 is 0. The molecule has 10 heteroatoms. The van der Waals surface area contributed by atoms with Crippen LogP contribution in [0.4, 0.5) is 17.2 Å². The zero-order valence-corrected chi connectivity index (χ0v) is 18.4. The topological polar surface area (TPSA) is 115 Å². The van der Waals surface area contributed by atoms with Crippen LogP contribution >= 0.6 is 0 Å². The maximum absolute atomic E-state index is 12.1. The lowest BCUT2D eigenvalue weighted by Gasteiger charge is -2.24. The van der Waals surface area contributed by atoms with Crippen molar-refractivity contribution in [3.05, 3.63) is 42.4 Å². The Morgan fingerprint density at radius 1 is 1.24 bits per heavy atom. The van der Waals surface area contributed by atoms with Crippen LogP contribution in [0, 0.1) is 5.92 Å². The van der Waals surface area contributed by atoms with Crippen molar-refractivity contribution in [2.45, 2.75) is 19.4 Å². The quantitative estimate of drug-likeness (QED) is 0.534. The van der Waals surface area contributed by atoms with Gasteiger partial charge in [-0.15, -0.1) is 0 Å². The number of carbonyl (C=O) groups is 1. The predicted octanol–water partition coefficient (Wildman–Crippen LogP) is 3.06. The fourth-order valence-corrected chi connectivity index (χ4v) is 3.72. The summed E-state index contributed by atoms with van der Waals surface area (Å²) in [4.78, 5) is 23.1. The molecule has 1 saturated carbocycles. The van der Waals surface area contributed by atoms with E-state index >= 15 is 0 Å². The van der Waals surface area contributed by atoms with Gasteiger partial charge in [0.1, 0.15) is 5.82 Å². The molecule has 2 fully saturated rings. The SMILES string of the molecule is COc1c(Nc2ccnc(NC(=O)C3CC3)c2)cccc1-c1nc(CN2CCOCC2)no1. The van der Waals surface area contributed by atoms with Gasteiger partial charge in [0.05, 0.1) is 38.1 Å². The molecule has 3 aromatic rings. The lowest BCUT2D eigenvalue weighted by atomic mass is 10.1.